The number of piperidine rings is 1. The number of hydrogen-bond donors (Lipinski definition) is 2. The molecule has 1 heterocycles. The van der Waals surface area contributed by atoms with Gasteiger partial charge in [-0.15, -0.1) is 0 Å². The van der Waals surface area contributed by atoms with Crippen molar-refractivity contribution < 1.29 is 8.42 Å². The van der Waals surface area contributed by atoms with Gasteiger partial charge in [-0.25, -0.2) is 13.1 Å². The third-order valence-corrected chi connectivity index (χ3v) is 6.54. The molecule has 118 valence electrons. The minimum Gasteiger partial charge on any atom is -0.398 e. The van der Waals surface area contributed by atoms with Crippen molar-refractivity contribution in [1.29, 1.82) is 0 Å². The van der Waals surface area contributed by atoms with Crippen LogP contribution in [0.4, 0.5) is 5.69 Å². The fourth-order valence-corrected chi connectivity index (χ4v) is 4.76. The van der Waals surface area contributed by atoms with Crippen LogP contribution in [0.15, 0.2) is 21.5 Å². The van der Waals surface area contributed by atoms with E-state index in [2.05, 4.69) is 32.6 Å². The summed E-state index contributed by atoms with van der Waals surface area (Å²) >= 11 is 9.11. The number of benzene rings is 1. The van der Waals surface area contributed by atoms with Gasteiger partial charge >= 0.3 is 0 Å². The van der Waals surface area contributed by atoms with Crippen LogP contribution in [0.2, 0.25) is 5.02 Å². The fourth-order valence-electron chi connectivity index (χ4n) is 2.35. The van der Waals surface area contributed by atoms with Crippen molar-refractivity contribution in [3.63, 3.8) is 0 Å². The average Bonchev–Trinajstić information content (AvgIpc) is 2.42. The van der Waals surface area contributed by atoms with Crippen molar-refractivity contribution in [3.05, 3.63) is 21.6 Å². The van der Waals surface area contributed by atoms with Crippen LogP contribution in [0.25, 0.3) is 0 Å². The van der Waals surface area contributed by atoms with Crippen LogP contribution < -0.4 is 10.5 Å². The lowest BCUT2D eigenvalue weighted by atomic mass is 9.98. The summed E-state index contributed by atoms with van der Waals surface area (Å²) < 4.78 is 27.8. The molecule has 1 fully saturated rings. The van der Waals surface area contributed by atoms with Crippen LogP contribution in [0.5, 0.6) is 0 Å². The molecule has 0 bridgehead atoms. The number of nitrogens with two attached hydrogens (primary N) is 1. The van der Waals surface area contributed by atoms with Crippen molar-refractivity contribution in [1.82, 2.24) is 9.62 Å². The van der Waals surface area contributed by atoms with Crippen molar-refractivity contribution in [2.24, 2.45) is 5.92 Å². The maximum atomic E-state index is 12.4. The molecule has 1 aliphatic heterocycles. The van der Waals surface area contributed by atoms with E-state index in [9.17, 15) is 8.42 Å². The van der Waals surface area contributed by atoms with Gasteiger partial charge in [0.15, 0.2) is 0 Å². The molecule has 8 heteroatoms. The zero-order chi connectivity index (χ0) is 15.6. The molecule has 0 amide bonds. The van der Waals surface area contributed by atoms with Crippen molar-refractivity contribution >= 4 is 43.2 Å². The molecule has 2 rings (SSSR count). The van der Waals surface area contributed by atoms with Gasteiger partial charge < -0.3 is 10.6 Å². The summed E-state index contributed by atoms with van der Waals surface area (Å²) in [5.41, 5.74) is 6.05. The molecule has 0 aromatic heterocycles. The van der Waals surface area contributed by atoms with Crippen molar-refractivity contribution in [2.75, 3.05) is 32.4 Å². The van der Waals surface area contributed by atoms with E-state index in [1.54, 1.807) is 0 Å². The first kappa shape index (κ1) is 17.0. The maximum Gasteiger partial charge on any atom is 0.241 e. The first-order chi connectivity index (χ1) is 9.79. The van der Waals surface area contributed by atoms with E-state index in [0.29, 0.717) is 27.6 Å². The monoisotopic (exact) mass is 395 g/mol. The molecule has 1 aromatic rings. The van der Waals surface area contributed by atoms with Crippen molar-refractivity contribution in [2.45, 2.75) is 17.7 Å². The van der Waals surface area contributed by atoms with Crippen LogP contribution in [-0.2, 0) is 10.0 Å². The Morgan fingerprint density at radius 2 is 2.05 bits per heavy atom. The van der Waals surface area contributed by atoms with E-state index < -0.39 is 10.0 Å². The standard InChI is InChI=1S/C13H19BrClN3O2S/c1-18-4-2-9(3-5-18)8-17-21(19,20)12-7-10(15)6-11(16)13(12)14/h6-7,9,17H,2-5,8,16H2,1H3. The fraction of sp³-hybridized carbons (Fsp3) is 0.538. The molecule has 1 aliphatic rings. The number of nitrogen functional groups attached to an aromatic ring is 1. The normalized spacial score (nSPS) is 18.0. The second-order valence-electron chi connectivity index (χ2n) is 5.41. The van der Waals surface area contributed by atoms with Crippen LogP contribution in [0.3, 0.4) is 0 Å². The first-order valence-electron chi connectivity index (χ1n) is 6.72. The molecule has 0 unspecified atom stereocenters. The summed E-state index contributed by atoms with van der Waals surface area (Å²) in [6, 6.07) is 2.92. The number of nitrogens with one attached hydrogen (secondary N) is 1. The molecular weight excluding hydrogens is 378 g/mol. The second-order valence-corrected chi connectivity index (χ2v) is 8.37. The molecule has 0 spiro atoms. The number of anilines is 1. The zero-order valence-electron chi connectivity index (χ0n) is 11.8. The van der Waals surface area contributed by atoms with E-state index in [4.69, 9.17) is 17.3 Å². The van der Waals surface area contributed by atoms with Gasteiger partial charge in [-0.1, -0.05) is 11.6 Å². The Morgan fingerprint density at radius 1 is 1.43 bits per heavy atom. The van der Waals surface area contributed by atoms with E-state index in [1.807, 2.05) is 0 Å². The Kier molecular flexibility index (Phi) is 5.54. The zero-order valence-corrected chi connectivity index (χ0v) is 14.9. The summed E-state index contributed by atoms with van der Waals surface area (Å²) in [5.74, 6) is 0.367. The highest BCUT2D eigenvalue weighted by Crippen LogP contribution is 2.31. The minimum atomic E-state index is -3.62. The first-order valence-corrected chi connectivity index (χ1v) is 9.38. The summed E-state index contributed by atoms with van der Waals surface area (Å²) in [6.45, 7) is 2.44. The van der Waals surface area contributed by atoms with Gasteiger partial charge in [0.05, 0.1) is 9.37 Å². The number of halogens is 2. The van der Waals surface area contributed by atoms with Gasteiger partial charge in [-0.3, -0.25) is 0 Å². The van der Waals surface area contributed by atoms with E-state index >= 15 is 0 Å². The summed E-state index contributed by atoms with van der Waals surface area (Å²) in [5, 5.41) is 0.301. The largest absolute Gasteiger partial charge is 0.398 e. The average molecular weight is 397 g/mol. The summed E-state index contributed by atoms with van der Waals surface area (Å²) in [6.07, 6.45) is 2.00. The van der Waals surface area contributed by atoms with Crippen LogP contribution in [0.1, 0.15) is 12.8 Å². The lowest BCUT2D eigenvalue weighted by Crippen LogP contribution is -2.37. The molecule has 5 nitrogen and oxygen atoms in total. The third kappa shape index (κ3) is 4.32. The van der Waals surface area contributed by atoms with E-state index in [0.717, 1.165) is 25.9 Å². The molecule has 1 aromatic carbocycles. The van der Waals surface area contributed by atoms with E-state index in [1.165, 1.54) is 12.1 Å². The number of rotatable bonds is 4. The Hall–Kier alpha value is -0.340. The predicted octanol–water partition coefficient (Wildman–Crippen LogP) is 2.30. The summed E-state index contributed by atoms with van der Waals surface area (Å²) in [4.78, 5) is 2.33. The Balaban J connectivity index is 2.09. The molecular formula is C13H19BrClN3O2S. The van der Waals surface area contributed by atoms with Gasteiger partial charge in [0.2, 0.25) is 10.0 Å². The topological polar surface area (TPSA) is 75.4 Å². The number of hydrogen-bond acceptors (Lipinski definition) is 4. The Labute approximate surface area is 139 Å². The van der Waals surface area contributed by atoms with Gasteiger partial charge in [-0.05, 0) is 67.0 Å². The quantitative estimate of drug-likeness (QED) is 0.766. The van der Waals surface area contributed by atoms with Crippen molar-refractivity contribution in [3.8, 4) is 0 Å². The van der Waals surface area contributed by atoms with E-state index in [-0.39, 0.29) is 4.90 Å². The SMILES string of the molecule is CN1CCC(CNS(=O)(=O)c2cc(Cl)cc(N)c2Br)CC1. The van der Waals surface area contributed by atoms with Gasteiger partial charge in [-0.2, -0.15) is 0 Å². The third-order valence-electron chi connectivity index (χ3n) is 3.72. The molecule has 1 saturated heterocycles. The predicted molar refractivity (Wildman–Crippen MR) is 89.0 cm³/mol. The number of nitrogens with zero attached hydrogens (tertiary/aromatic N) is 1. The van der Waals surface area contributed by atoms with Gasteiger partial charge in [0.1, 0.15) is 0 Å². The molecule has 0 saturated carbocycles. The molecule has 0 atom stereocenters. The highest BCUT2D eigenvalue weighted by molar-refractivity contribution is 9.10. The van der Waals surface area contributed by atoms with Crippen LogP contribution in [0, 0.1) is 5.92 Å². The maximum absolute atomic E-state index is 12.4. The number of sulfonamides is 1. The van der Waals surface area contributed by atoms with Gasteiger partial charge in [0, 0.05) is 17.3 Å². The van der Waals surface area contributed by atoms with Crippen LogP contribution >= 0.6 is 27.5 Å². The van der Waals surface area contributed by atoms with Gasteiger partial charge in [0.25, 0.3) is 0 Å². The molecule has 21 heavy (non-hydrogen) atoms. The molecule has 3 N–H and O–H groups in total. The Morgan fingerprint density at radius 3 is 2.67 bits per heavy atom. The lowest BCUT2D eigenvalue weighted by molar-refractivity contribution is 0.220. The highest BCUT2D eigenvalue weighted by atomic mass is 79.9. The molecule has 0 radical (unpaired) electrons. The molecule has 0 aliphatic carbocycles. The smallest absolute Gasteiger partial charge is 0.241 e. The summed E-state index contributed by atoms with van der Waals surface area (Å²) in [7, 11) is -1.55. The Bertz CT molecular complexity index is 616. The lowest BCUT2D eigenvalue weighted by Gasteiger charge is -2.28. The second kappa shape index (κ2) is 6.83. The number of likely N-dealkylation sites (tertiary alicyclic amines) is 1. The van der Waals surface area contributed by atoms with Crippen LogP contribution in [-0.4, -0.2) is 40.0 Å². The highest BCUT2D eigenvalue weighted by Gasteiger charge is 2.23. The minimum absolute atomic E-state index is 0.0837.